The minimum atomic E-state index is -0.134. The predicted molar refractivity (Wildman–Crippen MR) is 71.7 cm³/mol. The quantitative estimate of drug-likeness (QED) is 0.807. The molecule has 0 heterocycles. The van der Waals surface area contributed by atoms with E-state index in [2.05, 4.69) is 0 Å². The summed E-state index contributed by atoms with van der Waals surface area (Å²) in [7, 11) is 0. The first kappa shape index (κ1) is 12.9. The van der Waals surface area contributed by atoms with Crippen LogP contribution in [0.1, 0.15) is 32.1 Å². The molecule has 1 aliphatic carbocycles. The van der Waals surface area contributed by atoms with Crippen molar-refractivity contribution < 1.29 is 4.39 Å². The van der Waals surface area contributed by atoms with Gasteiger partial charge in [-0.2, -0.15) is 0 Å². The van der Waals surface area contributed by atoms with Crippen LogP contribution < -0.4 is 5.73 Å². The lowest BCUT2D eigenvalue weighted by Crippen LogP contribution is -2.25. The van der Waals surface area contributed by atoms with Gasteiger partial charge >= 0.3 is 0 Å². The second kappa shape index (κ2) is 6.41. The van der Waals surface area contributed by atoms with Gasteiger partial charge in [0.25, 0.3) is 0 Å². The lowest BCUT2D eigenvalue weighted by molar-refractivity contribution is 0.461. The minimum absolute atomic E-state index is 0.134. The van der Waals surface area contributed by atoms with E-state index in [1.165, 1.54) is 43.5 Å². The molecule has 0 radical (unpaired) electrons. The molecular weight excluding hydrogens is 233 g/mol. The maximum Gasteiger partial charge on any atom is 0.136 e. The van der Waals surface area contributed by atoms with Crippen LogP contribution in [0.5, 0.6) is 0 Å². The molecule has 1 aromatic rings. The molecule has 0 aliphatic heterocycles. The van der Waals surface area contributed by atoms with Crippen LogP contribution in [0.2, 0.25) is 0 Å². The van der Waals surface area contributed by atoms with Gasteiger partial charge in [0.2, 0.25) is 0 Å². The summed E-state index contributed by atoms with van der Waals surface area (Å²) in [6.07, 6.45) is 6.48. The smallest absolute Gasteiger partial charge is 0.136 e. The zero-order valence-electron chi connectivity index (χ0n) is 10.1. The number of hydrogen-bond acceptors (Lipinski definition) is 2. The molecule has 0 bridgehead atoms. The van der Waals surface area contributed by atoms with Crippen molar-refractivity contribution in [2.24, 2.45) is 11.7 Å². The Bertz CT molecular complexity index is 350. The van der Waals surface area contributed by atoms with Crippen molar-refractivity contribution in [3.8, 4) is 0 Å². The van der Waals surface area contributed by atoms with E-state index in [1.54, 1.807) is 6.07 Å². The molecule has 2 rings (SSSR count). The Kier molecular flexibility index (Phi) is 4.86. The predicted octanol–water partition coefficient (Wildman–Crippen LogP) is 3.83. The Hall–Kier alpha value is -0.540. The van der Waals surface area contributed by atoms with Crippen molar-refractivity contribution in [2.45, 2.75) is 43.0 Å². The Morgan fingerprint density at radius 2 is 2.00 bits per heavy atom. The largest absolute Gasteiger partial charge is 0.327 e. The van der Waals surface area contributed by atoms with Crippen molar-refractivity contribution in [2.75, 3.05) is 5.75 Å². The molecule has 2 N–H and O–H groups in total. The summed E-state index contributed by atoms with van der Waals surface area (Å²) in [6, 6.07) is 7.11. The maximum atomic E-state index is 13.4. The molecule has 17 heavy (non-hydrogen) atoms. The van der Waals surface area contributed by atoms with Crippen LogP contribution in [-0.2, 0) is 0 Å². The van der Waals surface area contributed by atoms with Gasteiger partial charge in [-0.3, -0.25) is 0 Å². The van der Waals surface area contributed by atoms with Gasteiger partial charge in [-0.15, -0.1) is 11.8 Å². The highest BCUT2D eigenvalue weighted by molar-refractivity contribution is 7.99. The number of thioether (sulfide) groups is 1. The van der Waals surface area contributed by atoms with Crippen LogP contribution in [0.4, 0.5) is 4.39 Å². The van der Waals surface area contributed by atoms with E-state index < -0.39 is 0 Å². The highest BCUT2D eigenvalue weighted by Crippen LogP contribution is 2.30. The SMILES string of the molecule is NC(CSc1ccccc1F)CC1CCCC1. The molecular formula is C14H20FNS. The maximum absolute atomic E-state index is 13.4. The van der Waals surface area contributed by atoms with Gasteiger partial charge in [-0.05, 0) is 24.5 Å². The molecule has 1 aliphatic rings. The van der Waals surface area contributed by atoms with Crippen LogP contribution in [0.3, 0.4) is 0 Å². The molecule has 0 saturated heterocycles. The molecule has 1 aromatic carbocycles. The van der Waals surface area contributed by atoms with Crippen LogP contribution in [0.25, 0.3) is 0 Å². The Labute approximate surface area is 107 Å². The summed E-state index contributed by atoms with van der Waals surface area (Å²) in [5.74, 6) is 1.49. The first-order valence-corrected chi connectivity index (χ1v) is 7.37. The second-order valence-electron chi connectivity index (χ2n) is 4.89. The summed E-state index contributed by atoms with van der Waals surface area (Å²) < 4.78 is 13.4. The molecule has 1 saturated carbocycles. The Balaban J connectivity index is 1.75. The zero-order valence-corrected chi connectivity index (χ0v) is 10.9. The summed E-state index contributed by atoms with van der Waals surface area (Å²) in [5, 5.41) is 0. The molecule has 1 fully saturated rings. The van der Waals surface area contributed by atoms with Crippen molar-refractivity contribution in [1.29, 1.82) is 0 Å². The average Bonchev–Trinajstić information content (AvgIpc) is 2.81. The van der Waals surface area contributed by atoms with Crippen molar-refractivity contribution in [3.05, 3.63) is 30.1 Å². The first-order valence-electron chi connectivity index (χ1n) is 6.38. The van der Waals surface area contributed by atoms with Gasteiger partial charge in [-0.25, -0.2) is 4.39 Å². The fourth-order valence-electron chi connectivity index (χ4n) is 2.50. The van der Waals surface area contributed by atoms with E-state index in [1.807, 2.05) is 12.1 Å². The van der Waals surface area contributed by atoms with E-state index in [0.29, 0.717) is 0 Å². The number of hydrogen-bond donors (Lipinski definition) is 1. The standard InChI is InChI=1S/C14H20FNS/c15-13-7-3-4-8-14(13)17-10-12(16)9-11-5-1-2-6-11/h3-4,7-8,11-12H,1-2,5-6,9-10,16H2. The summed E-state index contributed by atoms with van der Waals surface area (Å²) in [4.78, 5) is 0.717. The van der Waals surface area contributed by atoms with Crippen LogP contribution in [0.15, 0.2) is 29.2 Å². The Morgan fingerprint density at radius 1 is 1.29 bits per heavy atom. The van der Waals surface area contributed by atoms with Crippen molar-refractivity contribution in [3.63, 3.8) is 0 Å². The lowest BCUT2D eigenvalue weighted by atomic mass is 10.00. The zero-order chi connectivity index (χ0) is 12.1. The van der Waals surface area contributed by atoms with Crippen LogP contribution >= 0.6 is 11.8 Å². The van der Waals surface area contributed by atoms with Gasteiger partial charge in [-0.1, -0.05) is 37.8 Å². The third kappa shape index (κ3) is 4.00. The van der Waals surface area contributed by atoms with E-state index in [4.69, 9.17) is 5.73 Å². The van der Waals surface area contributed by atoms with Gasteiger partial charge in [0.15, 0.2) is 0 Å². The topological polar surface area (TPSA) is 26.0 Å². The molecule has 1 nitrogen and oxygen atoms in total. The number of nitrogens with two attached hydrogens (primary N) is 1. The minimum Gasteiger partial charge on any atom is -0.327 e. The van der Waals surface area contributed by atoms with Crippen molar-refractivity contribution >= 4 is 11.8 Å². The molecule has 3 heteroatoms. The van der Waals surface area contributed by atoms with Gasteiger partial charge in [0, 0.05) is 16.7 Å². The highest BCUT2D eigenvalue weighted by atomic mass is 32.2. The normalized spacial score (nSPS) is 18.5. The number of rotatable bonds is 5. The van der Waals surface area contributed by atoms with Crippen molar-refractivity contribution in [1.82, 2.24) is 0 Å². The highest BCUT2D eigenvalue weighted by Gasteiger charge is 2.18. The Morgan fingerprint density at radius 3 is 2.71 bits per heavy atom. The fourth-order valence-corrected chi connectivity index (χ4v) is 3.41. The lowest BCUT2D eigenvalue weighted by Gasteiger charge is -2.15. The van der Waals surface area contributed by atoms with E-state index in [9.17, 15) is 4.39 Å². The van der Waals surface area contributed by atoms with Crippen LogP contribution in [-0.4, -0.2) is 11.8 Å². The second-order valence-corrected chi connectivity index (χ2v) is 5.95. The molecule has 0 aromatic heterocycles. The van der Waals surface area contributed by atoms with E-state index in [0.717, 1.165) is 23.0 Å². The average molecular weight is 253 g/mol. The van der Waals surface area contributed by atoms with Gasteiger partial charge in [0.05, 0.1) is 0 Å². The molecule has 94 valence electrons. The first-order chi connectivity index (χ1) is 8.25. The van der Waals surface area contributed by atoms with Gasteiger partial charge < -0.3 is 5.73 Å². The van der Waals surface area contributed by atoms with E-state index >= 15 is 0 Å². The monoisotopic (exact) mass is 253 g/mol. The number of halogens is 1. The molecule has 1 atom stereocenters. The van der Waals surface area contributed by atoms with E-state index in [-0.39, 0.29) is 11.9 Å². The molecule has 0 amide bonds. The van der Waals surface area contributed by atoms with Gasteiger partial charge in [0.1, 0.15) is 5.82 Å². The summed E-state index contributed by atoms with van der Waals surface area (Å²) >= 11 is 1.54. The third-order valence-electron chi connectivity index (χ3n) is 3.40. The van der Waals surface area contributed by atoms with Crippen LogP contribution in [0, 0.1) is 11.7 Å². The molecule has 0 spiro atoms. The fraction of sp³-hybridized carbons (Fsp3) is 0.571. The summed E-state index contributed by atoms with van der Waals surface area (Å²) in [6.45, 7) is 0. The number of benzene rings is 1. The summed E-state index contributed by atoms with van der Waals surface area (Å²) in [5.41, 5.74) is 6.11. The molecule has 1 unspecified atom stereocenters. The third-order valence-corrected chi connectivity index (χ3v) is 4.64.